The molecule has 3 unspecified atom stereocenters. The van der Waals surface area contributed by atoms with Gasteiger partial charge in [0.1, 0.15) is 0 Å². The number of aliphatic hydroxyl groups excluding tert-OH is 2. The predicted octanol–water partition coefficient (Wildman–Crippen LogP) is 0.776. The quantitative estimate of drug-likeness (QED) is 0.571. The van der Waals surface area contributed by atoms with Crippen molar-refractivity contribution < 1.29 is 10.2 Å². The predicted molar refractivity (Wildman–Crippen MR) is 39.6 cm³/mol. The Labute approximate surface area is 61.9 Å². The van der Waals surface area contributed by atoms with Gasteiger partial charge < -0.3 is 10.2 Å². The normalized spacial score (nSPS) is 48.0. The molecule has 0 radical (unpaired) electrons. The van der Waals surface area contributed by atoms with Gasteiger partial charge in [-0.1, -0.05) is 13.8 Å². The first-order valence-electron chi connectivity index (χ1n) is 3.86. The summed E-state index contributed by atoms with van der Waals surface area (Å²) in [5.74, 6) is 0.358. The molecule has 1 fully saturated rings. The molecule has 3 atom stereocenters. The molecular weight excluding hydrogens is 128 g/mol. The Morgan fingerprint density at radius 3 is 2.30 bits per heavy atom. The molecule has 2 heteroatoms. The van der Waals surface area contributed by atoms with Crippen LogP contribution < -0.4 is 0 Å². The minimum atomic E-state index is -0.197. The molecule has 0 amide bonds. The Bertz CT molecular complexity index is 112. The molecule has 0 aromatic carbocycles. The van der Waals surface area contributed by atoms with Gasteiger partial charge in [-0.05, 0) is 24.2 Å². The van der Waals surface area contributed by atoms with Crippen LogP contribution in [0.25, 0.3) is 0 Å². The highest BCUT2D eigenvalue weighted by Gasteiger charge is 2.38. The maximum atomic E-state index is 9.35. The van der Waals surface area contributed by atoms with Crippen molar-refractivity contribution in [3.8, 4) is 0 Å². The van der Waals surface area contributed by atoms with Gasteiger partial charge in [0.25, 0.3) is 0 Å². The third-order valence-corrected chi connectivity index (χ3v) is 2.56. The van der Waals surface area contributed by atoms with Crippen molar-refractivity contribution in [2.45, 2.75) is 32.8 Å². The van der Waals surface area contributed by atoms with E-state index < -0.39 is 0 Å². The van der Waals surface area contributed by atoms with E-state index >= 15 is 0 Å². The third-order valence-electron chi connectivity index (χ3n) is 2.56. The zero-order valence-corrected chi connectivity index (χ0v) is 6.67. The third kappa shape index (κ3) is 1.32. The van der Waals surface area contributed by atoms with Gasteiger partial charge in [0.05, 0.1) is 6.10 Å². The van der Waals surface area contributed by atoms with Crippen LogP contribution in [0.3, 0.4) is 0 Å². The Balaban J connectivity index is 2.55. The SMILES string of the molecule is CC1CC(C)(CO)CC1O. The maximum absolute atomic E-state index is 9.35. The van der Waals surface area contributed by atoms with Gasteiger partial charge in [0.2, 0.25) is 0 Å². The van der Waals surface area contributed by atoms with Gasteiger partial charge in [-0.15, -0.1) is 0 Å². The molecule has 2 nitrogen and oxygen atoms in total. The van der Waals surface area contributed by atoms with E-state index in [4.69, 9.17) is 5.11 Å². The van der Waals surface area contributed by atoms with E-state index in [9.17, 15) is 5.11 Å². The van der Waals surface area contributed by atoms with Gasteiger partial charge in [0, 0.05) is 6.61 Å². The molecule has 1 saturated carbocycles. The average molecular weight is 144 g/mol. The lowest BCUT2D eigenvalue weighted by molar-refractivity contribution is 0.111. The Kier molecular flexibility index (Phi) is 2.02. The fourth-order valence-electron chi connectivity index (χ4n) is 1.83. The summed E-state index contributed by atoms with van der Waals surface area (Å²) in [5.41, 5.74) is -0.0150. The molecule has 0 aliphatic heterocycles. The van der Waals surface area contributed by atoms with Gasteiger partial charge in [0.15, 0.2) is 0 Å². The molecule has 2 N–H and O–H groups in total. The number of hydrogen-bond donors (Lipinski definition) is 2. The zero-order valence-electron chi connectivity index (χ0n) is 6.67. The topological polar surface area (TPSA) is 40.5 Å². The first-order chi connectivity index (χ1) is 4.57. The minimum Gasteiger partial charge on any atom is -0.396 e. The Hall–Kier alpha value is -0.0800. The molecule has 0 spiro atoms. The lowest BCUT2D eigenvalue weighted by Gasteiger charge is -2.19. The second-order valence-electron chi connectivity index (χ2n) is 3.92. The maximum Gasteiger partial charge on any atom is 0.0572 e. The Morgan fingerprint density at radius 1 is 1.50 bits per heavy atom. The second kappa shape index (κ2) is 2.51. The summed E-state index contributed by atoms with van der Waals surface area (Å²) in [4.78, 5) is 0. The van der Waals surface area contributed by atoms with E-state index in [0.717, 1.165) is 12.8 Å². The highest BCUT2D eigenvalue weighted by atomic mass is 16.3. The fourth-order valence-corrected chi connectivity index (χ4v) is 1.83. The van der Waals surface area contributed by atoms with Gasteiger partial charge in [-0.25, -0.2) is 0 Å². The summed E-state index contributed by atoms with van der Waals surface area (Å²) < 4.78 is 0. The lowest BCUT2D eigenvalue weighted by atomic mass is 9.89. The van der Waals surface area contributed by atoms with Gasteiger partial charge in [-0.2, -0.15) is 0 Å². The molecule has 0 aromatic rings. The summed E-state index contributed by atoms with van der Waals surface area (Å²) in [6.45, 7) is 4.26. The van der Waals surface area contributed by atoms with E-state index in [2.05, 4.69) is 0 Å². The van der Waals surface area contributed by atoms with Crippen molar-refractivity contribution in [2.24, 2.45) is 11.3 Å². The molecule has 0 saturated heterocycles. The van der Waals surface area contributed by atoms with Crippen LogP contribution in [0.2, 0.25) is 0 Å². The van der Waals surface area contributed by atoms with Crippen LogP contribution >= 0.6 is 0 Å². The summed E-state index contributed by atoms with van der Waals surface area (Å²) in [7, 11) is 0. The molecule has 1 rings (SSSR count). The molecule has 1 aliphatic carbocycles. The molecule has 0 heterocycles. The standard InChI is InChI=1S/C8H16O2/c1-6-3-8(2,5-9)4-7(6)10/h6-7,9-10H,3-5H2,1-2H3. The largest absolute Gasteiger partial charge is 0.396 e. The molecule has 10 heavy (non-hydrogen) atoms. The minimum absolute atomic E-state index is 0.0150. The van der Waals surface area contributed by atoms with E-state index in [0.29, 0.717) is 5.92 Å². The van der Waals surface area contributed by atoms with Gasteiger partial charge >= 0.3 is 0 Å². The van der Waals surface area contributed by atoms with Crippen LogP contribution in [-0.4, -0.2) is 22.9 Å². The van der Waals surface area contributed by atoms with E-state index in [1.165, 1.54) is 0 Å². The first-order valence-corrected chi connectivity index (χ1v) is 3.86. The fraction of sp³-hybridized carbons (Fsp3) is 1.00. The number of aliphatic hydroxyl groups is 2. The lowest BCUT2D eigenvalue weighted by Crippen LogP contribution is -2.17. The highest BCUT2D eigenvalue weighted by Crippen LogP contribution is 2.40. The van der Waals surface area contributed by atoms with Crippen molar-refractivity contribution in [2.75, 3.05) is 6.61 Å². The highest BCUT2D eigenvalue weighted by molar-refractivity contribution is 4.88. The van der Waals surface area contributed by atoms with Crippen LogP contribution in [0.5, 0.6) is 0 Å². The molecular formula is C8H16O2. The van der Waals surface area contributed by atoms with Gasteiger partial charge in [-0.3, -0.25) is 0 Å². The van der Waals surface area contributed by atoms with E-state index in [-0.39, 0.29) is 18.1 Å². The first kappa shape index (κ1) is 8.02. The van der Waals surface area contributed by atoms with E-state index in [1.807, 2.05) is 13.8 Å². The van der Waals surface area contributed by atoms with Crippen LogP contribution in [0.4, 0.5) is 0 Å². The molecule has 60 valence electrons. The van der Waals surface area contributed by atoms with Crippen molar-refractivity contribution in [1.29, 1.82) is 0 Å². The smallest absolute Gasteiger partial charge is 0.0572 e. The van der Waals surface area contributed by atoms with Crippen molar-refractivity contribution in [3.63, 3.8) is 0 Å². The monoisotopic (exact) mass is 144 g/mol. The average Bonchev–Trinajstić information content (AvgIpc) is 2.10. The number of hydrogen-bond acceptors (Lipinski definition) is 2. The number of rotatable bonds is 1. The summed E-state index contributed by atoms with van der Waals surface area (Å²) in [6.07, 6.45) is 1.51. The van der Waals surface area contributed by atoms with Crippen LogP contribution in [0.15, 0.2) is 0 Å². The van der Waals surface area contributed by atoms with Crippen molar-refractivity contribution >= 4 is 0 Å². The van der Waals surface area contributed by atoms with Crippen molar-refractivity contribution in [1.82, 2.24) is 0 Å². The second-order valence-corrected chi connectivity index (χ2v) is 3.92. The van der Waals surface area contributed by atoms with Crippen LogP contribution in [0, 0.1) is 11.3 Å². The van der Waals surface area contributed by atoms with Crippen molar-refractivity contribution in [3.05, 3.63) is 0 Å². The molecule has 0 bridgehead atoms. The Morgan fingerprint density at radius 2 is 2.10 bits per heavy atom. The summed E-state index contributed by atoms with van der Waals surface area (Å²) >= 11 is 0. The summed E-state index contributed by atoms with van der Waals surface area (Å²) in [6, 6.07) is 0. The molecule has 1 aliphatic rings. The van der Waals surface area contributed by atoms with Crippen LogP contribution in [-0.2, 0) is 0 Å². The summed E-state index contributed by atoms with van der Waals surface area (Å²) in [5, 5.41) is 18.3. The zero-order chi connectivity index (χ0) is 7.78. The van der Waals surface area contributed by atoms with E-state index in [1.54, 1.807) is 0 Å². The molecule has 0 aromatic heterocycles. The van der Waals surface area contributed by atoms with Crippen LogP contribution in [0.1, 0.15) is 26.7 Å².